The smallest absolute Gasteiger partial charge is 0.259 e. The molecule has 0 saturated heterocycles. The van der Waals surface area contributed by atoms with E-state index in [4.69, 9.17) is 19.6 Å². The lowest BCUT2D eigenvalue weighted by Crippen LogP contribution is -2.15. The van der Waals surface area contributed by atoms with Gasteiger partial charge < -0.3 is 24.9 Å². The lowest BCUT2D eigenvalue weighted by atomic mass is 10.1. The second-order valence-electron chi connectivity index (χ2n) is 5.63. The first-order chi connectivity index (χ1) is 12.4. The van der Waals surface area contributed by atoms with E-state index in [1.165, 1.54) is 19.2 Å². The van der Waals surface area contributed by atoms with Crippen molar-refractivity contribution in [3.63, 3.8) is 0 Å². The van der Waals surface area contributed by atoms with Gasteiger partial charge in [-0.25, -0.2) is 0 Å². The Hall–Kier alpha value is -3.48. The first-order valence-electron chi connectivity index (χ1n) is 7.81. The molecule has 3 rings (SSSR count). The standard InChI is InChI=1S/C19H18N2O5/c1-10-17(13-9-12(24-2)5-7-15(13)26-10)19(23)21-14-8-11(18(20)22)4-6-16(14)25-3/h4-9H,1-3H3,(H2,20,22)(H,21,23). The molecule has 0 bridgehead atoms. The van der Waals surface area contributed by atoms with Crippen LogP contribution in [0, 0.1) is 6.92 Å². The van der Waals surface area contributed by atoms with Crippen molar-refractivity contribution < 1.29 is 23.5 Å². The number of hydrogen-bond acceptors (Lipinski definition) is 5. The van der Waals surface area contributed by atoms with Gasteiger partial charge >= 0.3 is 0 Å². The summed E-state index contributed by atoms with van der Waals surface area (Å²) in [5, 5.41) is 3.39. The number of amides is 2. The number of nitrogens with one attached hydrogen (secondary N) is 1. The van der Waals surface area contributed by atoms with Crippen molar-refractivity contribution >= 4 is 28.5 Å². The summed E-state index contributed by atoms with van der Waals surface area (Å²) in [5.74, 6) is 0.495. The SMILES string of the molecule is COc1ccc2oc(C)c(C(=O)Nc3cc(C(N)=O)ccc3OC)c2c1. The maximum Gasteiger partial charge on any atom is 0.259 e. The molecule has 7 nitrogen and oxygen atoms in total. The molecule has 0 saturated carbocycles. The van der Waals surface area contributed by atoms with Crippen molar-refractivity contribution in [1.29, 1.82) is 0 Å². The largest absolute Gasteiger partial charge is 0.497 e. The first-order valence-corrected chi connectivity index (χ1v) is 7.81. The zero-order valence-corrected chi connectivity index (χ0v) is 14.6. The molecule has 0 unspecified atom stereocenters. The Morgan fingerprint density at radius 1 is 1.08 bits per heavy atom. The minimum absolute atomic E-state index is 0.261. The molecule has 0 aliphatic carbocycles. The maximum absolute atomic E-state index is 12.9. The van der Waals surface area contributed by atoms with E-state index in [9.17, 15) is 9.59 Å². The number of carbonyl (C=O) groups is 2. The van der Waals surface area contributed by atoms with Crippen molar-refractivity contribution in [2.45, 2.75) is 6.92 Å². The van der Waals surface area contributed by atoms with Gasteiger partial charge in [-0.15, -0.1) is 0 Å². The topological polar surface area (TPSA) is 104 Å². The molecular formula is C19H18N2O5. The fourth-order valence-electron chi connectivity index (χ4n) is 2.75. The highest BCUT2D eigenvalue weighted by molar-refractivity contribution is 6.14. The van der Waals surface area contributed by atoms with Gasteiger partial charge in [-0.2, -0.15) is 0 Å². The number of rotatable bonds is 5. The van der Waals surface area contributed by atoms with Crippen LogP contribution in [0.4, 0.5) is 5.69 Å². The number of aryl methyl sites for hydroxylation is 1. The summed E-state index contributed by atoms with van der Waals surface area (Å²) in [6.07, 6.45) is 0. The number of methoxy groups -OCH3 is 2. The fraction of sp³-hybridized carbons (Fsp3) is 0.158. The van der Waals surface area contributed by atoms with E-state index in [1.807, 2.05) is 0 Å². The Morgan fingerprint density at radius 3 is 2.50 bits per heavy atom. The van der Waals surface area contributed by atoms with Gasteiger partial charge in [0.25, 0.3) is 5.91 Å². The molecule has 26 heavy (non-hydrogen) atoms. The Labute approximate surface area is 149 Å². The van der Waals surface area contributed by atoms with Gasteiger partial charge in [0.15, 0.2) is 0 Å². The van der Waals surface area contributed by atoms with E-state index in [1.54, 1.807) is 38.3 Å². The van der Waals surface area contributed by atoms with Gasteiger partial charge in [-0.1, -0.05) is 0 Å². The molecule has 1 aromatic heterocycles. The summed E-state index contributed by atoms with van der Waals surface area (Å²) in [6, 6.07) is 9.80. The van der Waals surface area contributed by atoms with Crippen LogP contribution >= 0.6 is 0 Å². The van der Waals surface area contributed by atoms with Crippen LogP contribution in [0.5, 0.6) is 11.5 Å². The van der Waals surface area contributed by atoms with E-state index < -0.39 is 11.8 Å². The number of nitrogens with two attached hydrogens (primary N) is 1. The van der Waals surface area contributed by atoms with Crippen LogP contribution in [-0.4, -0.2) is 26.0 Å². The number of hydrogen-bond donors (Lipinski definition) is 2. The Balaban J connectivity index is 2.03. The second kappa shape index (κ2) is 6.79. The van der Waals surface area contributed by atoms with Crippen LogP contribution in [0.25, 0.3) is 11.0 Å². The van der Waals surface area contributed by atoms with Crippen LogP contribution in [0.2, 0.25) is 0 Å². The summed E-state index contributed by atoms with van der Waals surface area (Å²) in [7, 11) is 3.02. The van der Waals surface area contributed by atoms with E-state index in [0.29, 0.717) is 39.5 Å². The van der Waals surface area contributed by atoms with E-state index in [0.717, 1.165) is 0 Å². The van der Waals surface area contributed by atoms with E-state index in [-0.39, 0.29) is 5.56 Å². The quantitative estimate of drug-likeness (QED) is 0.733. The third-order valence-electron chi connectivity index (χ3n) is 4.03. The number of primary amides is 1. The minimum atomic E-state index is -0.599. The van der Waals surface area contributed by atoms with Crippen molar-refractivity contribution in [1.82, 2.24) is 0 Å². The Bertz CT molecular complexity index is 1010. The number of ether oxygens (including phenoxy) is 2. The van der Waals surface area contributed by atoms with Gasteiger partial charge in [0.1, 0.15) is 22.8 Å². The molecule has 3 N–H and O–H groups in total. The highest BCUT2D eigenvalue weighted by Gasteiger charge is 2.20. The Morgan fingerprint density at radius 2 is 1.85 bits per heavy atom. The van der Waals surface area contributed by atoms with E-state index >= 15 is 0 Å². The van der Waals surface area contributed by atoms with Crippen LogP contribution in [0.1, 0.15) is 26.5 Å². The minimum Gasteiger partial charge on any atom is -0.497 e. The predicted molar refractivity (Wildman–Crippen MR) is 97.0 cm³/mol. The van der Waals surface area contributed by atoms with Gasteiger partial charge in [-0.3, -0.25) is 9.59 Å². The fourth-order valence-corrected chi connectivity index (χ4v) is 2.75. The highest BCUT2D eigenvalue weighted by Crippen LogP contribution is 2.31. The maximum atomic E-state index is 12.9. The lowest BCUT2D eigenvalue weighted by Gasteiger charge is -2.11. The molecule has 134 valence electrons. The van der Waals surface area contributed by atoms with Crippen molar-refractivity contribution in [3.05, 3.63) is 53.3 Å². The normalized spacial score (nSPS) is 10.6. The van der Waals surface area contributed by atoms with Gasteiger partial charge in [0, 0.05) is 10.9 Å². The molecule has 1 heterocycles. The lowest BCUT2D eigenvalue weighted by molar-refractivity contribution is 0.0996. The third-order valence-corrected chi connectivity index (χ3v) is 4.03. The molecule has 0 aliphatic rings. The number of anilines is 1. The molecule has 3 aromatic rings. The average Bonchev–Trinajstić information content (AvgIpc) is 2.96. The highest BCUT2D eigenvalue weighted by atomic mass is 16.5. The summed E-state index contributed by atoms with van der Waals surface area (Å²) in [4.78, 5) is 24.3. The molecule has 0 aliphatic heterocycles. The molecule has 7 heteroatoms. The van der Waals surface area contributed by atoms with Crippen LogP contribution in [0.3, 0.4) is 0 Å². The molecule has 0 fully saturated rings. The van der Waals surface area contributed by atoms with Gasteiger partial charge in [-0.05, 0) is 43.3 Å². The van der Waals surface area contributed by atoms with Crippen molar-refractivity contribution in [2.24, 2.45) is 5.73 Å². The van der Waals surface area contributed by atoms with Crippen LogP contribution < -0.4 is 20.5 Å². The first kappa shape index (κ1) is 17.3. The monoisotopic (exact) mass is 354 g/mol. The summed E-state index contributed by atoms with van der Waals surface area (Å²) in [6.45, 7) is 1.71. The molecular weight excluding hydrogens is 336 g/mol. The zero-order chi connectivity index (χ0) is 18.8. The Kier molecular flexibility index (Phi) is 4.53. The number of benzene rings is 2. The average molecular weight is 354 g/mol. The number of fused-ring (bicyclic) bond motifs is 1. The molecule has 0 atom stereocenters. The third kappa shape index (κ3) is 3.06. The van der Waals surface area contributed by atoms with Crippen molar-refractivity contribution in [2.75, 3.05) is 19.5 Å². The number of furan rings is 1. The van der Waals surface area contributed by atoms with Crippen LogP contribution in [-0.2, 0) is 0 Å². The summed E-state index contributed by atoms with van der Waals surface area (Å²) < 4.78 is 16.1. The van der Waals surface area contributed by atoms with Crippen molar-refractivity contribution in [3.8, 4) is 11.5 Å². The van der Waals surface area contributed by atoms with E-state index in [2.05, 4.69) is 5.32 Å². The van der Waals surface area contributed by atoms with Crippen LogP contribution in [0.15, 0.2) is 40.8 Å². The van der Waals surface area contributed by atoms with Gasteiger partial charge in [0.05, 0.1) is 25.5 Å². The number of carbonyl (C=O) groups excluding carboxylic acids is 2. The second-order valence-corrected chi connectivity index (χ2v) is 5.63. The zero-order valence-electron chi connectivity index (χ0n) is 14.6. The molecule has 2 amide bonds. The molecule has 0 spiro atoms. The predicted octanol–water partition coefficient (Wildman–Crippen LogP) is 3.11. The summed E-state index contributed by atoms with van der Waals surface area (Å²) >= 11 is 0. The summed E-state index contributed by atoms with van der Waals surface area (Å²) in [5.41, 5.74) is 6.86. The van der Waals surface area contributed by atoms with Gasteiger partial charge in [0.2, 0.25) is 5.91 Å². The molecule has 0 radical (unpaired) electrons. The molecule has 2 aromatic carbocycles.